The topological polar surface area (TPSA) is 59.7 Å². The molecule has 1 fully saturated rings. The number of nitrogens with zero attached hydrogens (tertiary/aromatic N) is 6. The molecule has 0 N–H and O–H groups in total. The van der Waals surface area contributed by atoms with Gasteiger partial charge < -0.3 is 0 Å². The number of hydrogen-bond acceptors (Lipinski definition) is 5. The van der Waals surface area contributed by atoms with E-state index in [0.29, 0.717) is 11.8 Å². The van der Waals surface area contributed by atoms with Gasteiger partial charge in [-0.1, -0.05) is 11.6 Å². The fourth-order valence-corrected chi connectivity index (χ4v) is 4.97. The summed E-state index contributed by atoms with van der Waals surface area (Å²) in [6.07, 6.45) is 8.16. The Balaban J connectivity index is 1.44. The fourth-order valence-electron chi connectivity index (χ4n) is 4.77. The van der Waals surface area contributed by atoms with Gasteiger partial charge >= 0.3 is 0 Å². The van der Waals surface area contributed by atoms with Crippen molar-refractivity contribution in [3.8, 4) is 5.69 Å². The van der Waals surface area contributed by atoms with Gasteiger partial charge in [0.25, 0.3) is 0 Å². The molecule has 0 radical (unpaired) electrons. The Hall–Kier alpha value is -2.31. The third-order valence-corrected chi connectivity index (χ3v) is 6.41. The Bertz CT molecular complexity index is 1040. The summed E-state index contributed by atoms with van der Waals surface area (Å²) in [5, 5.41) is 10.00. The molecule has 29 heavy (non-hydrogen) atoms. The Morgan fingerprint density at radius 1 is 1.00 bits per heavy atom. The molecule has 0 spiro atoms. The molecule has 1 aromatic carbocycles. The summed E-state index contributed by atoms with van der Waals surface area (Å²) < 4.78 is 2.28. The van der Waals surface area contributed by atoms with Crippen molar-refractivity contribution in [2.24, 2.45) is 0 Å². The Morgan fingerprint density at radius 2 is 1.79 bits per heavy atom. The third kappa shape index (κ3) is 3.55. The number of rotatable bonds is 2. The van der Waals surface area contributed by atoms with Crippen molar-refractivity contribution in [2.75, 3.05) is 7.05 Å². The van der Waals surface area contributed by atoms with Gasteiger partial charge in [0, 0.05) is 35.8 Å². The van der Waals surface area contributed by atoms with Crippen LogP contribution in [0, 0.1) is 6.92 Å². The smallest absolute Gasteiger partial charge is 0.151 e. The molecule has 2 aromatic heterocycles. The van der Waals surface area contributed by atoms with E-state index < -0.39 is 0 Å². The second kappa shape index (κ2) is 7.50. The highest BCUT2D eigenvalue weighted by Gasteiger charge is 2.31. The van der Waals surface area contributed by atoms with Crippen LogP contribution < -0.4 is 0 Å². The van der Waals surface area contributed by atoms with Crippen LogP contribution in [-0.2, 0) is 13.1 Å². The molecule has 5 rings (SSSR count). The Labute approximate surface area is 176 Å². The first-order valence-corrected chi connectivity index (χ1v) is 10.7. The lowest BCUT2D eigenvalue weighted by Gasteiger charge is -2.28. The summed E-state index contributed by atoms with van der Waals surface area (Å²) in [6, 6.07) is 6.15. The van der Waals surface area contributed by atoms with Gasteiger partial charge in [0.2, 0.25) is 0 Å². The van der Waals surface area contributed by atoms with Gasteiger partial charge in [0.15, 0.2) is 5.82 Å². The zero-order chi connectivity index (χ0) is 20.0. The van der Waals surface area contributed by atoms with Gasteiger partial charge in [0.1, 0.15) is 5.82 Å². The third-order valence-electron chi connectivity index (χ3n) is 6.17. The van der Waals surface area contributed by atoms with E-state index in [1.54, 1.807) is 0 Å². The van der Waals surface area contributed by atoms with Gasteiger partial charge in [-0.25, -0.2) is 0 Å². The van der Waals surface area contributed by atoms with E-state index in [1.807, 2.05) is 25.4 Å². The molecule has 0 amide bonds. The van der Waals surface area contributed by atoms with E-state index in [2.05, 4.69) is 43.8 Å². The molecule has 1 aliphatic heterocycles. The summed E-state index contributed by atoms with van der Waals surface area (Å²) in [7, 11) is 2.11. The lowest BCUT2D eigenvalue weighted by atomic mass is 9.80. The van der Waals surface area contributed by atoms with Crippen molar-refractivity contribution in [2.45, 2.75) is 57.5 Å². The minimum absolute atomic E-state index is 0.414. The van der Waals surface area contributed by atoms with E-state index in [-0.39, 0.29) is 0 Å². The van der Waals surface area contributed by atoms with E-state index in [4.69, 9.17) is 16.6 Å². The predicted octanol–water partition coefficient (Wildman–Crippen LogP) is 4.41. The van der Waals surface area contributed by atoms with Gasteiger partial charge in [-0.15, -0.1) is 10.2 Å². The zero-order valence-corrected chi connectivity index (χ0v) is 17.6. The summed E-state index contributed by atoms with van der Waals surface area (Å²) in [6.45, 7) is 3.65. The molecule has 1 aliphatic carbocycles. The number of halogens is 1. The number of hydrogen-bond donors (Lipinski definition) is 0. The van der Waals surface area contributed by atoms with Crippen LogP contribution in [0.3, 0.4) is 0 Å². The summed E-state index contributed by atoms with van der Waals surface area (Å²) in [5.41, 5.74) is 4.51. The number of fused-ring (bicyclic) bond motifs is 3. The van der Waals surface area contributed by atoms with Crippen LogP contribution in [0.25, 0.3) is 5.69 Å². The lowest BCUT2D eigenvalue weighted by Crippen LogP contribution is -2.18. The van der Waals surface area contributed by atoms with Crippen molar-refractivity contribution < 1.29 is 0 Å². The molecular formula is C22H25ClN6. The highest BCUT2D eigenvalue weighted by Crippen LogP contribution is 2.40. The largest absolute Gasteiger partial charge is 0.295 e. The van der Waals surface area contributed by atoms with E-state index in [1.165, 1.54) is 11.3 Å². The first-order valence-electron chi connectivity index (χ1n) is 10.3. The molecule has 0 saturated heterocycles. The highest BCUT2D eigenvalue weighted by atomic mass is 35.5. The van der Waals surface area contributed by atoms with Crippen LogP contribution in [0.4, 0.5) is 0 Å². The maximum atomic E-state index is 6.28. The number of aromatic nitrogens is 5. The molecule has 3 heterocycles. The average Bonchev–Trinajstić information content (AvgIpc) is 3.05. The maximum Gasteiger partial charge on any atom is 0.151 e. The van der Waals surface area contributed by atoms with Crippen LogP contribution >= 0.6 is 11.6 Å². The minimum Gasteiger partial charge on any atom is -0.295 e. The standard InChI is InChI=1S/C22H25ClN6/c1-14-10-24-11-19(25-14)15-3-5-16(6-4-15)22-27-26-21-13-28(2)12-17-9-18(23)7-8-20(17)29(21)22/h7-11,15-16H,3-6,12-13H2,1-2H3/t15-,16-. The second-order valence-electron chi connectivity index (χ2n) is 8.39. The molecule has 0 unspecified atom stereocenters. The van der Waals surface area contributed by atoms with Gasteiger partial charge in [-0.3, -0.25) is 19.4 Å². The van der Waals surface area contributed by atoms with Crippen LogP contribution in [0.1, 0.15) is 66.1 Å². The molecule has 0 atom stereocenters. The Kier molecular flexibility index (Phi) is 4.84. The number of aryl methyl sites for hydroxylation is 1. The zero-order valence-electron chi connectivity index (χ0n) is 16.8. The molecule has 3 aromatic rings. The summed E-state index contributed by atoms with van der Waals surface area (Å²) in [4.78, 5) is 11.3. The van der Waals surface area contributed by atoms with E-state index in [0.717, 1.165) is 66.8 Å². The monoisotopic (exact) mass is 408 g/mol. The van der Waals surface area contributed by atoms with Crippen molar-refractivity contribution in [1.29, 1.82) is 0 Å². The molecule has 2 aliphatic rings. The molecule has 1 saturated carbocycles. The average molecular weight is 409 g/mol. The molecule has 7 heteroatoms. The van der Waals surface area contributed by atoms with Crippen molar-refractivity contribution in [3.63, 3.8) is 0 Å². The predicted molar refractivity (Wildman–Crippen MR) is 112 cm³/mol. The summed E-state index contributed by atoms with van der Waals surface area (Å²) in [5.74, 6) is 3.00. The quantitative estimate of drug-likeness (QED) is 0.628. The minimum atomic E-state index is 0.414. The second-order valence-corrected chi connectivity index (χ2v) is 8.83. The number of benzene rings is 1. The van der Waals surface area contributed by atoms with Crippen LogP contribution in [0.15, 0.2) is 30.6 Å². The van der Waals surface area contributed by atoms with Gasteiger partial charge in [-0.05, 0) is 63.4 Å². The van der Waals surface area contributed by atoms with Crippen LogP contribution in [0.2, 0.25) is 5.02 Å². The van der Waals surface area contributed by atoms with Crippen molar-refractivity contribution in [3.05, 3.63) is 64.2 Å². The molecule has 6 nitrogen and oxygen atoms in total. The molecule has 0 bridgehead atoms. The van der Waals surface area contributed by atoms with Gasteiger partial charge in [-0.2, -0.15) is 0 Å². The van der Waals surface area contributed by atoms with E-state index >= 15 is 0 Å². The first-order chi connectivity index (χ1) is 14.1. The fraction of sp³-hybridized carbons (Fsp3) is 0.455. The van der Waals surface area contributed by atoms with Crippen molar-refractivity contribution >= 4 is 11.6 Å². The first kappa shape index (κ1) is 18.7. The maximum absolute atomic E-state index is 6.28. The van der Waals surface area contributed by atoms with Gasteiger partial charge in [0.05, 0.1) is 23.6 Å². The summed E-state index contributed by atoms with van der Waals surface area (Å²) >= 11 is 6.28. The normalized spacial score (nSPS) is 22.0. The van der Waals surface area contributed by atoms with Crippen LogP contribution in [-0.4, -0.2) is 36.7 Å². The molecular weight excluding hydrogens is 384 g/mol. The Morgan fingerprint density at radius 3 is 2.59 bits per heavy atom. The SMILES string of the molecule is Cc1cncc([C@H]2CC[C@H](c3nnc4n3-c3ccc(Cl)cc3CN(C)C4)CC2)n1. The highest BCUT2D eigenvalue weighted by molar-refractivity contribution is 6.30. The van der Waals surface area contributed by atoms with Crippen molar-refractivity contribution in [1.82, 2.24) is 29.6 Å². The van der Waals surface area contributed by atoms with E-state index in [9.17, 15) is 0 Å². The lowest BCUT2D eigenvalue weighted by molar-refractivity contribution is 0.315. The van der Waals surface area contributed by atoms with Crippen LogP contribution in [0.5, 0.6) is 0 Å². The molecule has 150 valence electrons.